The number of aliphatic hydroxyl groups is 1. The molecule has 2 atom stereocenters. The predicted octanol–water partition coefficient (Wildman–Crippen LogP) is 0.0488. The second kappa shape index (κ2) is 11.0. The van der Waals surface area contributed by atoms with Gasteiger partial charge in [-0.15, -0.1) is 0 Å². The highest BCUT2D eigenvalue weighted by atomic mass is 16.5. The van der Waals surface area contributed by atoms with E-state index in [0.717, 1.165) is 25.9 Å². The second-order valence-electron chi connectivity index (χ2n) is 5.16. The van der Waals surface area contributed by atoms with Crippen molar-refractivity contribution in [3.63, 3.8) is 0 Å². The fourth-order valence-corrected chi connectivity index (χ4v) is 2.00. The Morgan fingerprint density at radius 3 is 2.90 bits per heavy atom. The number of amides is 1. The van der Waals surface area contributed by atoms with Gasteiger partial charge in [0.05, 0.1) is 25.9 Å². The SMILES string of the molecule is CCCCOCCOCC(O)CNCC1CCC(=O)N1. The highest BCUT2D eigenvalue weighted by Crippen LogP contribution is 2.04. The van der Waals surface area contributed by atoms with Crippen molar-refractivity contribution < 1.29 is 19.4 Å². The van der Waals surface area contributed by atoms with Crippen molar-refractivity contribution in [2.45, 2.75) is 44.8 Å². The second-order valence-corrected chi connectivity index (χ2v) is 5.16. The molecule has 1 rings (SSSR count). The predicted molar refractivity (Wildman–Crippen MR) is 76.6 cm³/mol. The smallest absolute Gasteiger partial charge is 0.220 e. The van der Waals surface area contributed by atoms with Crippen molar-refractivity contribution in [1.82, 2.24) is 10.6 Å². The standard InChI is InChI=1S/C14H28N2O4/c1-2-3-6-19-7-8-20-11-13(17)10-15-9-12-4-5-14(18)16-12/h12-13,15,17H,2-11H2,1H3,(H,16,18). The van der Waals surface area contributed by atoms with Gasteiger partial charge in [0.15, 0.2) is 0 Å². The number of ether oxygens (including phenoxy) is 2. The summed E-state index contributed by atoms with van der Waals surface area (Å²) >= 11 is 0. The van der Waals surface area contributed by atoms with Gasteiger partial charge in [0.2, 0.25) is 5.91 Å². The van der Waals surface area contributed by atoms with E-state index in [0.29, 0.717) is 39.3 Å². The van der Waals surface area contributed by atoms with Crippen molar-refractivity contribution in [1.29, 1.82) is 0 Å². The Labute approximate surface area is 121 Å². The fraction of sp³-hybridized carbons (Fsp3) is 0.929. The van der Waals surface area contributed by atoms with E-state index >= 15 is 0 Å². The van der Waals surface area contributed by atoms with Crippen molar-refractivity contribution in [2.24, 2.45) is 0 Å². The fourth-order valence-electron chi connectivity index (χ4n) is 2.00. The summed E-state index contributed by atoms with van der Waals surface area (Å²) in [7, 11) is 0. The van der Waals surface area contributed by atoms with Gasteiger partial charge in [-0.1, -0.05) is 13.3 Å². The first-order chi connectivity index (χ1) is 9.72. The molecule has 20 heavy (non-hydrogen) atoms. The minimum atomic E-state index is -0.525. The van der Waals surface area contributed by atoms with E-state index < -0.39 is 6.10 Å². The van der Waals surface area contributed by atoms with Crippen molar-refractivity contribution >= 4 is 5.91 Å². The Bertz CT molecular complexity index is 264. The molecule has 118 valence electrons. The first-order valence-corrected chi connectivity index (χ1v) is 7.56. The van der Waals surface area contributed by atoms with Gasteiger partial charge in [0.25, 0.3) is 0 Å². The summed E-state index contributed by atoms with van der Waals surface area (Å²) in [5.74, 6) is 0.115. The molecule has 1 aliphatic heterocycles. The quantitative estimate of drug-likeness (QED) is 0.442. The number of carbonyl (C=O) groups excluding carboxylic acids is 1. The summed E-state index contributed by atoms with van der Waals surface area (Å²) in [6.45, 7) is 5.47. The van der Waals surface area contributed by atoms with E-state index in [-0.39, 0.29) is 11.9 Å². The lowest BCUT2D eigenvalue weighted by Gasteiger charge is -2.15. The van der Waals surface area contributed by atoms with Crippen LogP contribution in [0.5, 0.6) is 0 Å². The monoisotopic (exact) mass is 288 g/mol. The van der Waals surface area contributed by atoms with Gasteiger partial charge in [0.1, 0.15) is 0 Å². The third-order valence-electron chi connectivity index (χ3n) is 3.18. The van der Waals surface area contributed by atoms with E-state index in [1.54, 1.807) is 0 Å². The highest BCUT2D eigenvalue weighted by Gasteiger charge is 2.20. The topological polar surface area (TPSA) is 79.8 Å². The van der Waals surface area contributed by atoms with Crippen LogP contribution >= 0.6 is 0 Å². The van der Waals surface area contributed by atoms with Gasteiger partial charge < -0.3 is 25.2 Å². The zero-order valence-corrected chi connectivity index (χ0v) is 12.4. The molecule has 1 heterocycles. The normalized spacial score (nSPS) is 20.1. The van der Waals surface area contributed by atoms with Crippen molar-refractivity contribution in [3.8, 4) is 0 Å². The molecule has 0 spiro atoms. The van der Waals surface area contributed by atoms with Gasteiger partial charge in [0, 0.05) is 32.2 Å². The van der Waals surface area contributed by atoms with Gasteiger partial charge in [-0.2, -0.15) is 0 Å². The number of hydrogen-bond donors (Lipinski definition) is 3. The minimum Gasteiger partial charge on any atom is -0.389 e. The van der Waals surface area contributed by atoms with Gasteiger partial charge >= 0.3 is 0 Å². The van der Waals surface area contributed by atoms with Crippen LogP contribution in [0, 0.1) is 0 Å². The summed E-state index contributed by atoms with van der Waals surface area (Å²) in [6.07, 6.45) is 3.16. The molecule has 0 radical (unpaired) electrons. The number of aliphatic hydroxyl groups excluding tert-OH is 1. The van der Waals surface area contributed by atoms with Crippen LogP contribution in [0.3, 0.4) is 0 Å². The van der Waals surface area contributed by atoms with Crippen LogP contribution in [0.25, 0.3) is 0 Å². The molecular formula is C14H28N2O4. The van der Waals surface area contributed by atoms with E-state index in [9.17, 15) is 9.90 Å². The molecule has 6 nitrogen and oxygen atoms in total. The highest BCUT2D eigenvalue weighted by molar-refractivity contribution is 5.78. The molecule has 0 aromatic rings. The van der Waals surface area contributed by atoms with Crippen LogP contribution in [0.2, 0.25) is 0 Å². The molecule has 0 aromatic heterocycles. The van der Waals surface area contributed by atoms with Crippen LogP contribution in [-0.2, 0) is 14.3 Å². The summed E-state index contributed by atoms with van der Waals surface area (Å²) in [5.41, 5.74) is 0. The molecule has 1 aliphatic rings. The Kier molecular flexibility index (Phi) is 9.57. The molecule has 1 fully saturated rings. The Hall–Kier alpha value is -0.690. The van der Waals surface area contributed by atoms with Crippen molar-refractivity contribution in [2.75, 3.05) is 39.5 Å². The first-order valence-electron chi connectivity index (χ1n) is 7.56. The number of carbonyl (C=O) groups is 1. The number of hydrogen-bond acceptors (Lipinski definition) is 5. The van der Waals surface area contributed by atoms with E-state index in [1.807, 2.05) is 0 Å². The summed E-state index contributed by atoms with van der Waals surface area (Å²) in [6, 6.07) is 0.197. The molecule has 3 N–H and O–H groups in total. The molecule has 1 saturated heterocycles. The molecule has 0 bridgehead atoms. The number of nitrogens with one attached hydrogen (secondary N) is 2. The van der Waals surface area contributed by atoms with Gasteiger partial charge in [-0.3, -0.25) is 4.79 Å². The van der Waals surface area contributed by atoms with Crippen LogP contribution in [0.15, 0.2) is 0 Å². The Morgan fingerprint density at radius 2 is 2.20 bits per heavy atom. The number of unbranched alkanes of at least 4 members (excludes halogenated alkanes) is 1. The Morgan fingerprint density at radius 1 is 1.40 bits per heavy atom. The summed E-state index contributed by atoms with van der Waals surface area (Å²) < 4.78 is 10.7. The molecule has 0 aliphatic carbocycles. The maximum Gasteiger partial charge on any atom is 0.220 e. The molecule has 0 aromatic carbocycles. The van der Waals surface area contributed by atoms with E-state index in [2.05, 4.69) is 17.6 Å². The van der Waals surface area contributed by atoms with Crippen LogP contribution in [0.1, 0.15) is 32.6 Å². The third kappa shape index (κ3) is 8.47. The lowest BCUT2D eigenvalue weighted by atomic mass is 10.2. The molecule has 0 saturated carbocycles. The Balaban J connectivity index is 1.85. The maximum atomic E-state index is 11.0. The first kappa shape index (κ1) is 17.4. The van der Waals surface area contributed by atoms with Crippen LogP contribution in [-0.4, -0.2) is 62.7 Å². The van der Waals surface area contributed by atoms with E-state index in [4.69, 9.17) is 9.47 Å². The zero-order chi connectivity index (χ0) is 14.6. The van der Waals surface area contributed by atoms with E-state index in [1.165, 1.54) is 0 Å². The van der Waals surface area contributed by atoms with Crippen molar-refractivity contribution in [3.05, 3.63) is 0 Å². The lowest BCUT2D eigenvalue weighted by molar-refractivity contribution is -0.119. The third-order valence-corrected chi connectivity index (χ3v) is 3.18. The van der Waals surface area contributed by atoms with Gasteiger partial charge in [-0.25, -0.2) is 0 Å². The average Bonchev–Trinajstić information content (AvgIpc) is 2.83. The molecule has 1 amide bonds. The average molecular weight is 288 g/mol. The molecular weight excluding hydrogens is 260 g/mol. The number of rotatable bonds is 12. The zero-order valence-electron chi connectivity index (χ0n) is 12.4. The van der Waals surface area contributed by atoms with Crippen LogP contribution in [0.4, 0.5) is 0 Å². The maximum absolute atomic E-state index is 11.0. The lowest BCUT2D eigenvalue weighted by Crippen LogP contribution is -2.39. The molecule has 2 unspecified atom stereocenters. The van der Waals surface area contributed by atoms with Crippen LogP contribution < -0.4 is 10.6 Å². The molecule has 6 heteroatoms. The largest absolute Gasteiger partial charge is 0.389 e. The summed E-state index contributed by atoms with van der Waals surface area (Å²) in [5, 5.41) is 15.7. The summed E-state index contributed by atoms with van der Waals surface area (Å²) in [4.78, 5) is 11.0. The minimum absolute atomic E-state index is 0.115. The van der Waals surface area contributed by atoms with Gasteiger partial charge in [-0.05, 0) is 12.8 Å².